The monoisotopic (exact) mass is 455 g/mol. The second-order valence-corrected chi connectivity index (χ2v) is 8.31. The first kappa shape index (κ1) is 18.3. The van der Waals surface area contributed by atoms with E-state index in [1.165, 1.54) is 12.1 Å². The first-order valence-corrected chi connectivity index (χ1v) is 9.53. The average molecular weight is 457 g/mol. The Morgan fingerprint density at radius 2 is 1.92 bits per heavy atom. The highest BCUT2D eigenvalue weighted by molar-refractivity contribution is 9.10. The number of sulfonamides is 1. The van der Waals surface area contributed by atoms with Gasteiger partial charge in [-0.3, -0.25) is 4.31 Å². The first-order valence-electron chi connectivity index (χ1n) is 6.92. The normalized spacial score (nSPS) is 14.8. The van der Waals surface area contributed by atoms with Gasteiger partial charge in [0.15, 0.2) is 0 Å². The Morgan fingerprint density at radius 1 is 1.20 bits per heavy atom. The number of nitrogens with zero attached hydrogens (tertiary/aromatic N) is 1. The van der Waals surface area contributed by atoms with Crippen molar-refractivity contribution < 1.29 is 26.3 Å². The molecule has 1 aliphatic heterocycles. The summed E-state index contributed by atoms with van der Waals surface area (Å²) in [6, 6.07) is 6.55. The fraction of sp³-hybridized carbons (Fsp3) is 0.200. The Bertz CT molecular complexity index is 934. The van der Waals surface area contributed by atoms with Gasteiger partial charge < -0.3 is 4.74 Å². The van der Waals surface area contributed by atoms with Crippen LogP contribution in [0.4, 0.5) is 18.9 Å². The van der Waals surface area contributed by atoms with Gasteiger partial charge >= 0.3 is 6.18 Å². The van der Waals surface area contributed by atoms with Crippen LogP contribution in [0.2, 0.25) is 5.02 Å². The number of anilines is 1. The van der Waals surface area contributed by atoms with E-state index in [1.807, 2.05) is 0 Å². The summed E-state index contributed by atoms with van der Waals surface area (Å²) < 4.78 is 71.3. The summed E-state index contributed by atoms with van der Waals surface area (Å²) in [5.41, 5.74) is -0.820. The maximum Gasteiger partial charge on any atom is 0.416 e. The maximum atomic E-state index is 12.9. The molecular weight excluding hydrogens is 447 g/mol. The fourth-order valence-electron chi connectivity index (χ4n) is 2.40. The largest absolute Gasteiger partial charge is 0.489 e. The van der Waals surface area contributed by atoms with Crippen LogP contribution in [0.3, 0.4) is 0 Å². The third-order valence-electron chi connectivity index (χ3n) is 3.57. The predicted octanol–water partition coefficient (Wildman–Crippen LogP) is 4.71. The minimum Gasteiger partial charge on any atom is -0.489 e. The molecule has 1 aliphatic rings. The molecule has 25 heavy (non-hydrogen) atoms. The lowest BCUT2D eigenvalue weighted by atomic mass is 10.2. The van der Waals surface area contributed by atoms with Crippen LogP contribution in [0.25, 0.3) is 0 Å². The van der Waals surface area contributed by atoms with Crippen molar-refractivity contribution in [2.75, 3.05) is 17.5 Å². The highest BCUT2D eigenvalue weighted by Gasteiger charge is 2.35. The van der Waals surface area contributed by atoms with E-state index in [0.29, 0.717) is 15.6 Å². The molecule has 10 heteroatoms. The van der Waals surface area contributed by atoms with Crippen molar-refractivity contribution in [3.8, 4) is 5.75 Å². The standard InChI is InChI=1S/C15H10BrClF3NO3S/c16-11-7-13-14(8-12(11)17)24-5-4-21(13)25(22,23)10-3-1-2-9(6-10)15(18,19)20/h1-3,6-8H,4-5H2. The highest BCUT2D eigenvalue weighted by atomic mass is 79.9. The van der Waals surface area contributed by atoms with E-state index in [2.05, 4.69) is 15.9 Å². The number of fused-ring (bicyclic) bond motifs is 1. The van der Waals surface area contributed by atoms with Gasteiger partial charge in [-0.2, -0.15) is 13.2 Å². The van der Waals surface area contributed by atoms with Gasteiger partial charge in [0.05, 0.1) is 27.7 Å². The topological polar surface area (TPSA) is 46.6 Å². The summed E-state index contributed by atoms with van der Waals surface area (Å²) in [4.78, 5) is -0.443. The van der Waals surface area contributed by atoms with Crippen molar-refractivity contribution >= 4 is 43.2 Å². The molecule has 0 spiro atoms. The first-order chi connectivity index (χ1) is 11.6. The minimum atomic E-state index is -4.63. The van der Waals surface area contributed by atoms with E-state index in [-0.39, 0.29) is 24.6 Å². The molecule has 0 radical (unpaired) electrons. The molecular formula is C15H10BrClF3NO3S. The summed E-state index contributed by atoms with van der Waals surface area (Å²) in [6.45, 7) is 0.0306. The van der Waals surface area contributed by atoms with Crippen LogP contribution in [0, 0.1) is 0 Å². The third kappa shape index (κ3) is 3.45. The quantitative estimate of drug-likeness (QED) is 0.658. The molecule has 4 nitrogen and oxygen atoms in total. The molecule has 1 heterocycles. The van der Waals surface area contributed by atoms with E-state index < -0.39 is 26.7 Å². The number of halogens is 5. The van der Waals surface area contributed by atoms with Gasteiger partial charge in [0.25, 0.3) is 10.0 Å². The molecule has 0 N–H and O–H groups in total. The smallest absolute Gasteiger partial charge is 0.416 e. The maximum absolute atomic E-state index is 12.9. The van der Waals surface area contributed by atoms with E-state index in [4.69, 9.17) is 16.3 Å². The van der Waals surface area contributed by atoms with Crippen molar-refractivity contribution in [1.29, 1.82) is 0 Å². The molecule has 2 aromatic carbocycles. The van der Waals surface area contributed by atoms with E-state index >= 15 is 0 Å². The van der Waals surface area contributed by atoms with E-state index in [0.717, 1.165) is 22.5 Å². The Morgan fingerprint density at radius 3 is 2.60 bits per heavy atom. The molecule has 0 fully saturated rings. The average Bonchev–Trinajstić information content (AvgIpc) is 2.54. The SMILES string of the molecule is O=S(=O)(c1cccc(C(F)(F)F)c1)N1CCOc2cc(Cl)c(Br)cc21. The van der Waals surface area contributed by atoms with Gasteiger partial charge in [-0.25, -0.2) is 8.42 Å². The van der Waals surface area contributed by atoms with Crippen LogP contribution >= 0.6 is 27.5 Å². The van der Waals surface area contributed by atoms with Crippen LogP contribution in [-0.2, 0) is 16.2 Å². The summed E-state index contributed by atoms with van der Waals surface area (Å²) >= 11 is 9.18. The van der Waals surface area contributed by atoms with Crippen LogP contribution in [0.5, 0.6) is 5.75 Å². The van der Waals surface area contributed by atoms with Crippen molar-refractivity contribution in [1.82, 2.24) is 0 Å². The Hall–Kier alpha value is -1.45. The van der Waals surface area contributed by atoms with Crippen molar-refractivity contribution in [3.63, 3.8) is 0 Å². The minimum absolute atomic E-state index is 0.0281. The molecule has 0 aromatic heterocycles. The summed E-state index contributed by atoms with van der Waals surface area (Å²) in [7, 11) is -4.20. The lowest BCUT2D eigenvalue weighted by Crippen LogP contribution is -2.38. The van der Waals surface area contributed by atoms with Gasteiger partial charge in [-0.05, 0) is 40.2 Å². The number of rotatable bonds is 2. The number of hydrogen-bond acceptors (Lipinski definition) is 3. The zero-order valence-electron chi connectivity index (χ0n) is 12.3. The second-order valence-electron chi connectivity index (χ2n) is 5.19. The number of benzene rings is 2. The lowest BCUT2D eigenvalue weighted by Gasteiger charge is -2.31. The summed E-state index contributed by atoms with van der Waals surface area (Å²) in [6.07, 6.45) is -4.63. The van der Waals surface area contributed by atoms with Gasteiger partial charge in [0.2, 0.25) is 0 Å². The van der Waals surface area contributed by atoms with Crippen molar-refractivity contribution in [2.24, 2.45) is 0 Å². The molecule has 0 saturated carbocycles. The van der Waals surface area contributed by atoms with E-state index in [9.17, 15) is 21.6 Å². The van der Waals surface area contributed by atoms with Crippen LogP contribution in [-0.4, -0.2) is 21.6 Å². The molecule has 3 rings (SSSR count). The zero-order valence-corrected chi connectivity index (χ0v) is 15.5. The Kier molecular flexibility index (Phi) is 4.67. The Labute approximate surface area is 155 Å². The zero-order chi connectivity index (χ0) is 18.4. The van der Waals surface area contributed by atoms with Crippen LogP contribution in [0.15, 0.2) is 45.8 Å². The van der Waals surface area contributed by atoms with Gasteiger partial charge in [0, 0.05) is 10.5 Å². The Balaban J connectivity index is 2.10. The van der Waals surface area contributed by atoms with Crippen molar-refractivity contribution in [2.45, 2.75) is 11.1 Å². The van der Waals surface area contributed by atoms with Gasteiger partial charge in [-0.15, -0.1) is 0 Å². The summed E-state index contributed by atoms with van der Waals surface area (Å²) in [5.74, 6) is 0.245. The van der Waals surface area contributed by atoms with Gasteiger partial charge in [0.1, 0.15) is 12.4 Å². The number of ether oxygens (including phenoxy) is 1. The van der Waals surface area contributed by atoms with Crippen LogP contribution < -0.4 is 9.04 Å². The molecule has 0 amide bonds. The number of alkyl halides is 3. The van der Waals surface area contributed by atoms with E-state index in [1.54, 1.807) is 0 Å². The van der Waals surface area contributed by atoms with Crippen molar-refractivity contribution in [3.05, 3.63) is 51.5 Å². The lowest BCUT2D eigenvalue weighted by molar-refractivity contribution is -0.137. The molecule has 0 bridgehead atoms. The fourth-order valence-corrected chi connectivity index (χ4v) is 4.38. The summed E-state index contributed by atoms with van der Waals surface area (Å²) in [5, 5.41) is 0.331. The number of hydrogen-bond donors (Lipinski definition) is 0. The molecule has 134 valence electrons. The molecule has 0 aliphatic carbocycles. The highest BCUT2D eigenvalue weighted by Crippen LogP contribution is 2.41. The molecule has 0 saturated heterocycles. The second kappa shape index (κ2) is 6.37. The predicted molar refractivity (Wildman–Crippen MR) is 90.6 cm³/mol. The molecule has 0 atom stereocenters. The van der Waals surface area contributed by atoms with Gasteiger partial charge in [-0.1, -0.05) is 17.7 Å². The van der Waals surface area contributed by atoms with Crippen LogP contribution in [0.1, 0.15) is 5.56 Å². The molecule has 0 unspecified atom stereocenters. The molecule has 2 aromatic rings. The third-order valence-corrected chi connectivity index (χ3v) is 6.58.